The summed E-state index contributed by atoms with van der Waals surface area (Å²) in [6, 6.07) is 1.08. The highest BCUT2D eigenvalue weighted by Gasteiger charge is 2.49. The highest BCUT2D eigenvalue weighted by molar-refractivity contribution is 6.25. The zero-order valence-corrected chi connectivity index (χ0v) is 16.7. The number of carbonyl (C=O) groups is 3. The fourth-order valence-corrected chi connectivity index (χ4v) is 4.43. The maximum absolute atomic E-state index is 13.2. The van der Waals surface area contributed by atoms with Gasteiger partial charge in [-0.3, -0.25) is 19.3 Å². The van der Waals surface area contributed by atoms with Gasteiger partial charge in [-0.1, -0.05) is 6.92 Å². The van der Waals surface area contributed by atoms with Crippen LogP contribution in [-0.4, -0.2) is 79.3 Å². The first-order chi connectivity index (χ1) is 13.3. The van der Waals surface area contributed by atoms with Gasteiger partial charge in [-0.05, 0) is 20.4 Å². The molecule has 2 heterocycles. The van der Waals surface area contributed by atoms with E-state index in [0.717, 1.165) is 0 Å². The Balaban J connectivity index is 2.08. The van der Waals surface area contributed by atoms with Crippen molar-refractivity contribution in [1.29, 1.82) is 5.26 Å². The molecule has 0 bridgehead atoms. The number of methoxy groups -OCH3 is 1. The number of esters is 1. The number of nitriles is 1. The Morgan fingerprint density at radius 1 is 1.29 bits per heavy atom. The van der Waals surface area contributed by atoms with E-state index < -0.39 is 12.1 Å². The van der Waals surface area contributed by atoms with Gasteiger partial charge in [-0.25, -0.2) is 0 Å². The smallest absolute Gasteiger partial charge is 0.305 e. The molecule has 1 aliphatic carbocycles. The van der Waals surface area contributed by atoms with Crippen LogP contribution in [0.5, 0.6) is 0 Å². The van der Waals surface area contributed by atoms with Gasteiger partial charge in [-0.15, -0.1) is 0 Å². The largest absolute Gasteiger partial charge is 0.492 e. The summed E-state index contributed by atoms with van der Waals surface area (Å²) in [6.45, 7) is 4.39. The fraction of sp³-hybridized carbons (Fsp3) is 0.600. The molecule has 3 aliphatic rings. The molecule has 0 spiro atoms. The lowest BCUT2D eigenvalue weighted by Gasteiger charge is -2.50. The molecule has 3 rings (SSSR count). The van der Waals surface area contributed by atoms with Crippen LogP contribution in [0.1, 0.15) is 26.7 Å². The quantitative estimate of drug-likeness (QED) is 0.510. The summed E-state index contributed by atoms with van der Waals surface area (Å²) in [6.07, 6.45) is 0.594. The van der Waals surface area contributed by atoms with E-state index in [1.165, 1.54) is 7.11 Å². The number of Topliss-reactive ketones (excluding diaryl/α,β-unsaturated/α-hetero) is 2. The molecule has 0 aromatic heterocycles. The minimum atomic E-state index is -0.641. The molecule has 150 valence electrons. The van der Waals surface area contributed by atoms with Crippen LogP contribution in [0.4, 0.5) is 0 Å². The first kappa shape index (κ1) is 20.2. The van der Waals surface area contributed by atoms with E-state index in [4.69, 9.17) is 9.47 Å². The third-order valence-electron chi connectivity index (χ3n) is 5.70. The topological polar surface area (TPSA) is 99.9 Å². The summed E-state index contributed by atoms with van der Waals surface area (Å²) >= 11 is 0. The Kier molecular flexibility index (Phi) is 5.68. The summed E-state index contributed by atoms with van der Waals surface area (Å²) in [5.74, 6) is -0.933. The number of allylic oxidation sites excluding steroid dienone is 2. The number of carbonyl (C=O) groups excluding carboxylic acids is 3. The Labute approximate surface area is 164 Å². The van der Waals surface area contributed by atoms with Crippen LogP contribution < -0.4 is 0 Å². The molecule has 0 aromatic carbocycles. The Bertz CT molecular complexity index is 822. The number of hydrogen-bond donors (Lipinski definition) is 0. The second-order valence-electron chi connectivity index (χ2n) is 7.43. The first-order valence-electron chi connectivity index (χ1n) is 9.42. The number of ketones is 2. The Hall–Kier alpha value is -2.50. The predicted molar refractivity (Wildman–Crippen MR) is 98.9 cm³/mol. The predicted octanol–water partition coefficient (Wildman–Crippen LogP) is 0.589. The second kappa shape index (κ2) is 7.86. The van der Waals surface area contributed by atoms with Crippen LogP contribution in [-0.2, 0) is 23.9 Å². The van der Waals surface area contributed by atoms with E-state index >= 15 is 0 Å². The van der Waals surface area contributed by atoms with Crippen molar-refractivity contribution >= 4 is 17.5 Å². The summed E-state index contributed by atoms with van der Waals surface area (Å²) in [5, 5.41) is 9.72. The highest BCUT2D eigenvalue weighted by Crippen LogP contribution is 2.39. The molecule has 28 heavy (non-hydrogen) atoms. The molecular formula is C20H25N3O5. The van der Waals surface area contributed by atoms with Crippen LogP contribution in [0.3, 0.4) is 0 Å². The molecule has 2 aliphatic heterocycles. The molecule has 0 N–H and O–H groups in total. The fourth-order valence-electron chi connectivity index (χ4n) is 4.43. The van der Waals surface area contributed by atoms with E-state index in [2.05, 4.69) is 6.07 Å². The zero-order valence-electron chi connectivity index (χ0n) is 16.7. The molecule has 3 atom stereocenters. The SMILES string of the molecule is CCC(=O)OC[C@H]1C2=C(C[C@H]3CN(C)C[C@H](C#N)N31)C(=O)C(C)=C(OC)C2=O. The lowest BCUT2D eigenvalue weighted by molar-refractivity contribution is -0.146. The van der Waals surface area contributed by atoms with Crippen LogP contribution in [0.25, 0.3) is 0 Å². The average Bonchev–Trinajstić information content (AvgIpc) is 2.68. The van der Waals surface area contributed by atoms with Crippen molar-refractivity contribution in [2.24, 2.45) is 0 Å². The van der Waals surface area contributed by atoms with E-state index in [1.54, 1.807) is 13.8 Å². The monoisotopic (exact) mass is 387 g/mol. The van der Waals surface area contributed by atoms with E-state index in [0.29, 0.717) is 36.2 Å². The van der Waals surface area contributed by atoms with Gasteiger partial charge in [0.1, 0.15) is 12.6 Å². The molecule has 0 radical (unpaired) electrons. The summed E-state index contributed by atoms with van der Waals surface area (Å²) in [7, 11) is 3.29. The van der Waals surface area contributed by atoms with Gasteiger partial charge in [0.2, 0.25) is 5.78 Å². The van der Waals surface area contributed by atoms with E-state index in [1.807, 2.05) is 16.8 Å². The normalized spacial score (nSPS) is 28.6. The molecule has 8 nitrogen and oxygen atoms in total. The van der Waals surface area contributed by atoms with Crippen molar-refractivity contribution in [2.45, 2.75) is 44.8 Å². The number of fused-ring (bicyclic) bond motifs is 1. The third-order valence-corrected chi connectivity index (χ3v) is 5.70. The molecule has 0 saturated carbocycles. The number of hydrogen-bond acceptors (Lipinski definition) is 8. The average molecular weight is 387 g/mol. The molecule has 0 amide bonds. The minimum Gasteiger partial charge on any atom is -0.492 e. The Morgan fingerprint density at radius 2 is 2.00 bits per heavy atom. The lowest BCUT2D eigenvalue weighted by Crippen LogP contribution is -2.65. The number of rotatable bonds is 4. The van der Waals surface area contributed by atoms with Crippen LogP contribution in [0.15, 0.2) is 22.5 Å². The van der Waals surface area contributed by atoms with Crippen LogP contribution in [0.2, 0.25) is 0 Å². The van der Waals surface area contributed by atoms with Crippen molar-refractivity contribution in [3.05, 3.63) is 22.5 Å². The Morgan fingerprint density at radius 3 is 2.61 bits per heavy atom. The standard InChI is InChI=1S/C20H25N3O5/c1-5-16(24)28-10-15-17-14(18(25)11(2)20(27-4)19(17)26)6-12-8-22(3)9-13(7-21)23(12)15/h12-13,15H,5-6,8-10H2,1-4H3/t12-,13-,15-/m0/s1. The van der Waals surface area contributed by atoms with Gasteiger partial charge in [0.15, 0.2) is 11.5 Å². The van der Waals surface area contributed by atoms with Gasteiger partial charge < -0.3 is 14.4 Å². The number of nitrogens with zero attached hydrogens (tertiary/aromatic N) is 3. The summed E-state index contributed by atoms with van der Waals surface area (Å²) < 4.78 is 10.6. The van der Waals surface area contributed by atoms with Crippen molar-refractivity contribution < 1.29 is 23.9 Å². The number of ether oxygens (including phenoxy) is 2. The maximum atomic E-state index is 13.2. The van der Waals surface area contributed by atoms with Crippen LogP contribution in [0, 0.1) is 11.3 Å². The van der Waals surface area contributed by atoms with Crippen molar-refractivity contribution in [1.82, 2.24) is 9.80 Å². The lowest BCUT2D eigenvalue weighted by atomic mass is 9.77. The van der Waals surface area contributed by atoms with Gasteiger partial charge >= 0.3 is 5.97 Å². The molecule has 1 fully saturated rings. The molecule has 8 heteroatoms. The van der Waals surface area contributed by atoms with E-state index in [9.17, 15) is 19.6 Å². The second-order valence-corrected chi connectivity index (χ2v) is 7.43. The van der Waals surface area contributed by atoms with Crippen LogP contribution >= 0.6 is 0 Å². The molecule has 0 aromatic rings. The summed E-state index contributed by atoms with van der Waals surface area (Å²) in [4.78, 5) is 41.9. The zero-order chi connectivity index (χ0) is 20.6. The van der Waals surface area contributed by atoms with Gasteiger partial charge in [0, 0.05) is 42.3 Å². The van der Waals surface area contributed by atoms with E-state index in [-0.39, 0.29) is 42.4 Å². The molecule has 1 saturated heterocycles. The summed E-state index contributed by atoms with van der Waals surface area (Å²) in [5.41, 5.74) is 1.05. The molecular weight excluding hydrogens is 362 g/mol. The van der Waals surface area contributed by atoms with Gasteiger partial charge in [-0.2, -0.15) is 5.26 Å². The minimum absolute atomic E-state index is 0.0247. The number of likely N-dealkylation sites (N-methyl/N-ethyl adjacent to an activating group) is 1. The van der Waals surface area contributed by atoms with Crippen molar-refractivity contribution in [3.8, 4) is 6.07 Å². The third kappa shape index (κ3) is 3.25. The number of piperazine rings is 1. The van der Waals surface area contributed by atoms with Gasteiger partial charge in [0.05, 0.1) is 19.2 Å². The van der Waals surface area contributed by atoms with Crippen molar-refractivity contribution in [3.63, 3.8) is 0 Å². The molecule has 0 unspecified atom stereocenters. The van der Waals surface area contributed by atoms with Crippen molar-refractivity contribution in [2.75, 3.05) is 33.9 Å². The highest BCUT2D eigenvalue weighted by atomic mass is 16.5. The van der Waals surface area contributed by atoms with Gasteiger partial charge in [0.25, 0.3) is 0 Å². The maximum Gasteiger partial charge on any atom is 0.305 e. The first-order valence-corrected chi connectivity index (χ1v) is 9.42.